The Hall–Kier alpha value is -1.07. The Kier molecular flexibility index (Phi) is 3.15. The molecular weight excluding hydrogens is 264 g/mol. The van der Waals surface area contributed by atoms with Crippen molar-refractivity contribution in [2.45, 2.75) is 40.2 Å². The largest absolute Gasteiger partial charge is 0.389 e. The summed E-state index contributed by atoms with van der Waals surface area (Å²) in [5, 5.41) is 1.49. The Bertz CT molecular complexity index is 613. The standard InChI is InChI=1S/C12H19ClN4Si/c1-6-7(2)17(12(3,4)5)10-8(6)9(13)14-11(15-10)16-18/h1-5,18H3,(H,14,15,16). The summed E-state index contributed by atoms with van der Waals surface area (Å²) in [5.41, 5.74) is 3.23. The number of hydrogen-bond donors (Lipinski definition) is 1. The van der Waals surface area contributed by atoms with Crippen molar-refractivity contribution in [3.8, 4) is 0 Å². The fourth-order valence-corrected chi connectivity index (χ4v) is 2.88. The average molecular weight is 283 g/mol. The quantitative estimate of drug-likeness (QED) is 0.644. The van der Waals surface area contributed by atoms with Crippen molar-refractivity contribution < 1.29 is 0 Å². The molecule has 0 amide bonds. The fraction of sp³-hybridized carbons (Fsp3) is 0.500. The van der Waals surface area contributed by atoms with Crippen LogP contribution in [0.1, 0.15) is 32.0 Å². The lowest BCUT2D eigenvalue weighted by atomic mass is 10.1. The van der Waals surface area contributed by atoms with E-state index < -0.39 is 0 Å². The maximum Gasteiger partial charge on any atom is 0.217 e. The molecule has 0 atom stereocenters. The van der Waals surface area contributed by atoms with Crippen molar-refractivity contribution in [2.75, 3.05) is 4.98 Å². The minimum Gasteiger partial charge on any atom is -0.389 e. The second-order valence-corrected chi connectivity index (χ2v) is 6.36. The van der Waals surface area contributed by atoms with Crippen molar-refractivity contribution in [1.29, 1.82) is 0 Å². The van der Waals surface area contributed by atoms with Crippen LogP contribution in [0.15, 0.2) is 0 Å². The molecule has 0 aliphatic carbocycles. The van der Waals surface area contributed by atoms with Gasteiger partial charge in [0, 0.05) is 11.2 Å². The van der Waals surface area contributed by atoms with E-state index in [2.05, 4.69) is 54.1 Å². The van der Waals surface area contributed by atoms with Crippen LogP contribution in [0.5, 0.6) is 0 Å². The molecule has 0 radical (unpaired) electrons. The first-order valence-corrected chi connectivity index (χ1v) is 7.38. The monoisotopic (exact) mass is 282 g/mol. The first kappa shape index (κ1) is 13.4. The third-order valence-electron chi connectivity index (χ3n) is 3.21. The van der Waals surface area contributed by atoms with Crippen LogP contribution in [0, 0.1) is 13.8 Å². The highest BCUT2D eigenvalue weighted by Crippen LogP contribution is 2.33. The van der Waals surface area contributed by atoms with E-state index in [1.807, 2.05) is 0 Å². The van der Waals surface area contributed by atoms with E-state index in [1.165, 1.54) is 5.69 Å². The van der Waals surface area contributed by atoms with Crippen LogP contribution < -0.4 is 4.98 Å². The maximum atomic E-state index is 6.29. The van der Waals surface area contributed by atoms with Crippen molar-refractivity contribution in [3.05, 3.63) is 16.4 Å². The van der Waals surface area contributed by atoms with E-state index >= 15 is 0 Å². The molecule has 0 aliphatic heterocycles. The first-order chi connectivity index (χ1) is 8.27. The van der Waals surface area contributed by atoms with E-state index in [0.717, 1.165) is 27.0 Å². The van der Waals surface area contributed by atoms with Gasteiger partial charge in [0.1, 0.15) is 21.2 Å². The molecule has 6 heteroatoms. The summed E-state index contributed by atoms with van der Waals surface area (Å²) in [6, 6.07) is 0. The molecule has 2 aromatic heterocycles. The average Bonchev–Trinajstić information content (AvgIpc) is 2.50. The number of halogens is 1. The predicted molar refractivity (Wildman–Crippen MR) is 80.6 cm³/mol. The Morgan fingerprint density at radius 2 is 1.83 bits per heavy atom. The third kappa shape index (κ3) is 1.91. The highest BCUT2D eigenvalue weighted by atomic mass is 35.5. The van der Waals surface area contributed by atoms with Gasteiger partial charge in [-0.1, -0.05) is 11.6 Å². The van der Waals surface area contributed by atoms with Gasteiger partial charge >= 0.3 is 0 Å². The van der Waals surface area contributed by atoms with Crippen molar-refractivity contribution >= 4 is 39.0 Å². The zero-order valence-electron chi connectivity index (χ0n) is 11.7. The predicted octanol–water partition coefficient (Wildman–Crippen LogP) is 2.15. The van der Waals surface area contributed by atoms with Gasteiger partial charge in [0.25, 0.3) is 0 Å². The summed E-state index contributed by atoms with van der Waals surface area (Å²) in [6.07, 6.45) is 0. The summed E-state index contributed by atoms with van der Waals surface area (Å²) in [4.78, 5) is 12.0. The van der Waals surface area contributed by atoms with Gasteiger partial charge < -0.3 is 9.55 Å². The van der Waals surface area contributed by atoms with Gasteiger partial charge in [0.05, 0.1) is 5.39 Å². The third-order valence-corrected chi connectivity index (χ3v) is 3.93. The summed E-state index contributed by atoms with van der Waals surface area (Å²) in [5.74, 6) is 0.613. The number of nitrogens with one attached hydrogen (secondary N) is 1. The van der Waals surface area contributed by atoms with Gasteiger partial charge in [-0.25, -0.2) is 4.98 Å². The summed E-state index contributed by atoms with van der Waals surface area (Å²) < 4.78 is 2.23. The number of rotatable bonds is 1. The highest BCUT2D eigenvalue weighted by Gasteiger charge is 2.24. The SMILES string of the molecule is Cc1c(C)n(C(C)(C)C)c2nc(N[SiH3])nc(Cl)c12. The lowest BCUT2D eigenvalue weighted by Gasteiger charge is -2.24. The lowest BCUT2D eigenvalue weighted by Crippen LogP contribution is -2.23. The molecule has 2 heterocycles. The molecule has 0 saturated heterocycles. The second-order valence-electron chi connectivity index (χ2n) is 5.50. The van der Waals surface area contributed by atoms with Gasteiger partial charge in [0.2, 0.25) is 5.95 Å². The Morgan fingerprint density at radius 3 is 2.33 bits per heavy atom. The molecule has 98 valence electrons. The molecule has 2 rings (SSSR count). The Balaban J connectivity index is 2.94. The normalized spacial score (nSPS) is 12.3. The smallest absolute Gasteiger partial charge is 0.217 e. The van der Waals surface area contributed by atoms with Gasteiger partial charge in [-0.3, -0.25) is 0 Å². The van der Waals surface area contributed by atoms with E-state index in [0.29, 0.717) is 11.1 Å². The van der Waals surface area contributed by atoms with Crippen LogP contribution in [0.2, 0.25) is 5.15 Å². The first-order valence-electron chi connectivity index (χ1n) is 6.00. The number of aryl methyl sites for hydroxylation is 1. The highest BCUT2D eigenvalue weighted by molar-refractivity contribution is 6.34. The van der Waals surface area contributed by atoms with Crippen LogP contribution in [-0.2, 0) is 5.54 Å². The summed E-state index contributed by atoms with van der Waals surface area (Å²) in [6.45, 7) is 10.7. The Labute approximate surface area is 115 Å². The molecule has 0 aromatic carbocycles. The van der Waals surface area contributed by atoms with Gasteiger partial charge in [0.15, 0.2) is 0 Å². The molecule has 2 aromatic rings. The van der Waals surface area contributed by atoms with Crippen molar-refractivity contribution in [2.24, 2.45) is 0 Å². The van der Waals surface area contributed by atoms with E-state index in [1.54, 1.807) is 0 Å². The number of nitrogens with zero attached hydrogens (tertiary/aromatic N) is 3. The van der Waals surface area contributed by atoms with E-state index in [9.17, 15) is 0 Å². The second kappa shape index (κ2) is 4.24. The molecule has 18 heavy (non-hydrogen) atoms. The zero-order chi connectivity index (χ0) is 13.7. The molecule has 0 unspecified atom stereocenters. The van der Waals surface area contributed by atoms with Crippen LogP contribution in [0.25, 0.3) is 11.0 Å². The fourth-order valence-electron chi connectivity index (χ4n) is 2.35. The topological polar surface area (TPSA) is 42.7 Å². The number of fused-ring (bicyclic) bond motifs is 1. The molecule has 0 saturated carbocycles. The van der Waals surface area contributed by atoms with Crippen LogP contribution >= 0.6 is 11.6 Å². The van der Waals surface area contributed by atoms with Gasteiger partial charge in [-0.2, -0.15) is 4.98 Å². The van der Waals surface area contributed by atoms with Crippen LogP contribution in [0.4, 0.5) is 5.95 Å². The number of hydrogen-bond acceptors (Lipinski definition) is 3. The maximum absolute atomic E-state index is 6.29. The molecule has 0 bridgehead atoms. The molecule has 0 fully saturated rings. The summed E-state index contributed by atoms with van der Waals surface area (Å²) >= 11 is 6.29. The lowest BCUT2D eigenvalue weighted by molar-refractivity contribution is 0.400. The molecule has 0 aliphatic rings. The zero-order valence-corrected chi connectivity index (χ0v) is 14.5. The molecule has 0 spiro atoms. The summed E-state index contributed by atoms with van der Waals surface area (Å²) in [7, 11) is 0.799. The molecule has 4 nitrogen and oxygen atoms in total. The number of anilines is 1. The minimum absolute atomic E-state index is 0.0310. The van der Waals surface area contributed by atoms with E-state index in [4.69, 9.17) is 11.6 Å². The minimum atomic E-state index is -0.0310. The van der Waals surface area contributed by atoms with Crippen molar-refractivity contribution in [3.63, 3.8) is 0 Å². The molecule has 1 N–H and O–H groups in total. The van der Waals surface area contributed by atoms with Crippen molar-refractivity contribution in [1.82, 2.24) is 14.5 Å². The molecular formula is C12H19ClN4Si. The van der Waals surface area contributed by atoms with Gasteiger partial charge in [-0.05, 0) is 40.2 Å². The Morgan fingerprint density at radius 1 is 1.22 bits per heavy atom. The van der Waals surface area contributed by atoms with Gasteiger partial charge in [-0.15, -0.1) is 0 Å². The number of aromatic nitrogens is 3. The van der Waals surface area contributed by atoms with Crippen LogP contribution in [-0.4, -0.2) is 24.9 Å². The van der Waals surface area contributed by atoms with E-state index in [-0.39, 0.29) is 5.54 Å². The van der Waals surface area contributed by atoms with Crippen LogP contribution in [0.3, 0.4) is 0 Å².